The lowest BCUT2D eigenvalue weighted by Crippen LogP contribution is -2.34. The van der Waals surface area contributed by atoms with Crippen LogP contribution in [0.1, 0.15) is 65.6 Å². The molecule has 174 valence electrons. The first kappa shape index (κ1) is 22.9. The van der Waals surface area contributed by atoms with Gasteiger partial charge in [-0.15, -0.1) is 0 Å². The number of aryl methyl sites for hydroxylation is 1. The number of amides is 1. The molecule has 1 fully saturated rings. The fourth-order valence-electron chi connectivity index (χ4n) is 4.38. The van der Waals surface area contributed by atoms with E-state index in [1.807, 2.05) is 37.7 Å². The third kappa shape index (κ3) is 5.76. The lowest BCUT2D eigenvalue weighted by molar-refractivity contribution is 0.0998. The number of carbonyl (C=O) groups is 1. The number of hydrogen-bond acceptors (Lipinski definition) is 6. The maximum absolute atomic E-state index is 11.5. The van der Waals surface area contributed by atoms with Crippen molar-refractivity contribution in [3.05, 3.63) is 71.1 Å². The Hall–Kier alpha value is -3.26. The van der Waals surface area contributed by atoms with E-state index in [1.54, 1.807) is 12.4 Å². The van der Waals surface area contributed by atoms with Crippen LogP contribution in [0.25, 0.3) is 0 Å². The maximum Gasteiger partial charge on any atom is 0.252 e. The number of benzene rings is 1. The van der Waals surface area contributed by atoms with Crippen LogP contribution < -0.4 is 10.5 Å². The summed E-state index contributed by atoms with van der Waals surface area (Å²) >= 11 is 0. The molecule has 3 aromatic rings. The molecule has 0 bridgehead atoms. The topological polar surface area (TPSA) is 99.2 Å². The van der Waals surface area contributed by atoms with Gasteiger partial charge in [-0.2, -0.15) is 5.10 Å². The Balaban J connectivity index is 1.48. The van der Waals surface area contributed by atoms with Gasteiger partial charge in [0.05, 0.1) is 23.9 Å². The normalized spacial score (nSPS) is 16.8. The van der Waals surface area contributed by atoms with Gasteiger partial charge < -0.3 is 10.5 Å². The largest absolute Gasteiger partial charge is 0.491 e. The van der Waals surface area contributed by atoms with Crippen molar-refractivity contribution < 1.29 is 9.53 Å². The van der Waals surface area contributed by atoms with Crippen LogP contribution in [0.15, 0.2) is 42.9 Å². The molecule has 0 saturated carbocycles. The van der Waals surface area contributed by atoms with E-state index in [9.17, 15) is 4.79 Å². The SMILES string of the molecule is Cc1nc([C@H]2CCCN(Cc3ccc(OC(C)C)c(Cn4cccn4)c3)C2)ncc1C(N)=O. The molecule has 1 aromatic carbocycles. The number of carbonyl (C=O) groups excluding carboxylic acids is 1. The molecule has 0 radical (unpaired) electrons. The van der Waals surface area contributed by atoms with Gasteiger partial charge in [-0.3, -0.25) is 14.4 Å². The number of aromatic nitrogens is 4. The molecule has 2 aromatic heterocycles. The van der Waals surface area contributed by atoms with Crippen LogP contribution >= 0.6 is 0 Å². The minimum absolute atomic E-state index is 0.111. The summed E-state index contributed by atoms with van der Waals surface area (Å²) in [5.74, 6) is 1.45. The van der Waals surface area contributed by atoms with Gasteiger partial charge in [0.1, 0.15) is 11.6 Å². The molecule has 1 aliphatic rings. The van der Waals surface area contributed by atoms with Gasteiger partial charge in [0.25, 0.3) is 5.91 Å². The van der Waals surface area contributed by atoms with Gasteiger partial charge in [-0.25, -0.2) is 9.97 Å². The number of primary amides is 1. The molecule has 1 atom stereocenters. The predicted molar refractivity (Wildman–Crippen MR) is 126 cm³/mol. The lowest BCUT2D eigenvalue weighted by atomic mass is 9.96. The van der Waals surface area contributed by atoms with Crippen molar-refractivity contribution in [3.8, 4) is 5.75 Å². The smallest absolute Gasteiger partial charge is 0.252 e. The van der Waals surface area contributed by atoms with Gasteiger partial charge in [-0.05, 0) is 63.9 Å². The monoisotopic (exact) mass is 448 g/mol. The number of piperidine rings is 1. The van der Waals surface area contributed by atoms with Gasteiger partial charge in [0.2, 0.25) is 0 Å². The molecule has 0 aliphatic carbocycles. The highest BCUT2D eigenvalue weighted by atomic mass is 16.5. The van der Waals surface area contributed by atoms with Crippen LogP contribution in [-0.4, -0.2) is 49.7 Å². The fraction of sp³-hybridized carbons (Fsp3) is 0.440. The van der Waals surface area contributed by atoms with E-state index in [-0.39, 0.29) is 12.0 Å². The fourth-order valence-corrected chi connectivity index (χ4v) is 4.38. The number of hydrogen-bond donors (Lipinski definition) is 1. The average molecular weight is 449 g/mol. The third-order valence-corrected chi connectivity index (χ3v) is 5.92. The Bertz CT molecular complexity index is 1100. The van der Waals surface area contributed by atoms with Crippen molar-refractivity contribution in [1.82, 2.24) is 24.6 Å². The van der Waals surface area contributed by atoms with Crippen molar-refractivity contribution in [1.29, 1.82) is 0 Å². The van der Waals surface area contributed by atoms with E-state index < -0.39 is 5.91 Å². The average Bonchev–Trinajstić information content (AvgIpc) is 3.28. The molecule has 2 N–H and O–H groups in total. The molecular weight excluding hydrogens is 416 g/mol. The van der Waals surface area contributed by atoms with Crippen molar-refractivity contribution in [2.75, 3.05) is 13.1 Å². The minimum atomic E-state index is -0.486. The van der Waals surface area contributed by atoms with E-state index in [2.05, 4.69) is 38.2 Å². The zero-order valence-electron chi connectivity index (χ0n) is 19.6. The Morgan fingerprint density at radius 2 is 2.15 bits per heavy atom. The van der Waals surface area contributed by atoms with E-state index in [4.69, 9.17) is 10.5 Å². The highest BCUT2D eigenvalue weighted by molar-refractivity contribution is 5.93. The van der Waals surface area contributed by atoms with E-state index in [1.165, 1.54) is 5.56 Å². The minimum Gasteiger partial charge on any atom is -0.491 e. The number of likely N-dealkylation sites (tertiary alicyclic amines) is 1. The Morgan fingerprint density at radius 3 is 2.85 bits per heavy atom. The van der Waals surface area contributed by atoms with Crippen molar-refractivity contribution >= 4 is 5.91 Å². The first-order valence-corrected chi connectivity index (χ1v) is 11.5. The van der Waals surface area contributed by atoms with Crippen LogP contribution in [0.4, 0.5) is 0 Å². The van der Waals surface area contributed by atoms with Crippen LogP contribution in [0, 0.1) is 6.92 Å². The molecule has 1 aliphatic heterocycles. The second kappa shape index (κ2) is 10.1. The molecule has 0 unspecified atom stereocenters. The van der Waals surface area contributed by atoms with Crippen LogP contribution in [0.2, 0.25) is 0 Å². The van der Waals surface area contributed by atoms with Crippen molar-refractivity contribution in [2.24, 2.45) is 5.73 Å². The molecule has 0 spiro atoms. The molecule has 1 amide bonds. The number of ether oxygens (including phenoxy) is 1. The molecule has 4 rings (SSSR count). The Labute approximate surface area is 194 Å². The van der Waals surface area contributed by atoms with Crippen LogP contribution in [-0.2, 0) is 13.1 Å². The number of nitrogens with zero attached hydrogens (tertiary/aromatic N) is 5. The lowest BCUT2D eigenvalue weighted by Gasteiger charge is -2.32. The number of rotatable bonds is 8. The molecule has 8 nitrogen and oxygen atoms in total. The first-order chi connectivity index (χ1) is 15.9. The van der Waals surface area contributed by atoms with E-state index >= 15 is 0 Å². The molecule has 1 saturated heterocycles. The van der Waals surface area contributed by atoms with Crippen molar-refractivity contribution in [2.45, 2.75) is 58.7 Å². The zero-order chi connectivity index (χ0) is 23.4. The summed E-state index contributed by atoms with van der Waals surface area (Å²) in [6.07, 6.45) is 7.55. The zero-order valence-corrected chi connectivity index (χ0v) is 19.6. The Morgan fingerprint density at radius 1 is 1.30 bits per heavy atom. The number of nitrogens with two attached hydrogens (primary N) is 1. The second-order valence-electron chi connectivity index (χ2n) is 8.98. The standard InChI is InChI=1S/C25H32N6O2/c1-17(2)33-23-8-7-19(12-21(23)16-31-11-5-9-28-31)14-30-10-4-6-20(15-30)25-27-13-22(24(26)32)18(3)29-25/h5,7-9,11-13,17,20H,4,6,10,14-16H2,1-3H3,(H2,26,32)/t20-/m0/s1. The first-order valence-electron chi connectivity index (χ1n) is 11.5. The predicted octanol–water partition coefficient (Wildman–Crippen LogP) is 3.30. The summed E-state index contributed by atoms with van der Waals surface area (Å²) in [6.45, 7) is 9.34. The summed E-state index contributed by atoms with van der Waals surface area (Å²) in [5.41, 5.74) is 8.81. The van der Waals surface area contributed by atoms with Crippen LogP contribution in [0.5, 0.6) is 5.75 Å². The molecule has 3 heterocycles. The quantitative estimate of drug-likeness (QED) is 0.568. The Kier molecular flexibility index (Phi) is 7.03. The van der Waals surface area contributed by atoms with E-state index in [0.29, 0.717) is 17.8 Å². The molecular formula is C25H32N6O2. The van der Waals surface area contributed by atoms with E-state index in [0.717, 1.165) is 49.6 Å². The van der Waals surface area contributed by atoms with Gasteiger partial charge >= 0.3 is 0 Å². The van der Waals surface area contributed by atoms with Gasteiger partial charge in [0, 0.05) is 43.2 Å². The summed E-state index contributed by atoms with van der Waals surface area (Å²) in [7, 11) is 0. The third-order valence-electron chi connectivity index (χ3n) is 5.92. The summed E-state index contributed by atoms with van der Waals surface area (Å²) in [5, 5.41) is 4.35. The molecule has 33 heavy (non-hydrogen) atoms. The highest BCUT2D eigenvalue weighted by Gasteiger charge is 2.24. The molecule has 8 heteroatoms. The summed E-state index contributed by atoms with van der Waals surface area (Å²) < 4.78 is 7.96. The maximum atomic E-state index is 11.5. The van der Waals surface area contributed by atoms with Gasteiger partial charge in [0.15, 0.2) is 0 Å². The second-order valence-corrected chi connectivity index (χ2v) is 8.98. The van der Waals surface area contributed by atoms with Gasteiger partial charge in [-0.1, -0.05) is 6.07 Å². The summed E-state index contributed by atoms with van der Waals surface area (Å²) in [6, 6.07) is 8.38. The highest BCUT2D eigenvalue weighted by Crippen LogP contribution is 2.28. The van der Waals surface area contributed by atoms with Crippen LogP contribution in [0.3, 0.4) is 0 Å². The van der Waals surface area contributed by atoms with Crippen molar-refractivity contribution in [3.63, 3.8) is 0 Å². The summed E-state index contributed by atoms with van der Waals surface area (Å²) in [4.78, 5) is 23.0.